The molecule has 0 unspecified atom stereocenters. The van der Waals surface area contributed by atoms with E-state index in [-0.39, 0.29) is 5.91 Å². The number of amides is 1. The van der Waals surface area contributed by atoms with Crippen LogP contribution in [0.15, 0.2) is 18.2 Å². The lowest BCUT2D eigenvalue weighted by Gasteiger charge is -2.24. The zero-order valence-corrected chi connectivity index (χ0v) is 12.4. The van der Waals surface area contributed by atoms with Gasteiger partial charge in [0.15, 0.2) is 0 Å². The van der Waals surface area contributed by atoms with E-state index in [0.717, 1.165) is 25.3 Å². The first-order valence-electron chi connectivity index (χ1n) is 6.88. The highest BCUT2D eigenvalue weighted by Gasteiger charge is 2.11. The first kappa shape index (κ1) is 15.5. The normalized spacial score (nSPS) is 10.3. The molecular formula is C15H25N3O. The molecule has 0 radical (unpaired) electrons. The van der Waals surface area contributed by atoms with Crippen molar-refractivity contribution in [1.82, 2.24) is 10.6 Å². The van der Waals surface area contributed by atoms with E-state index in [9.17, 15) is 4.79 Å². The van der Waals surface area contributed by atoms with Crippen LogP contribution in [-0.4, -0.2) is 32.6 Å². The minimum absolute atomic E-state index is 0.0398. The summed E-state index contributed by atoms with van der Waals surface area (Å²) >= 11 is 0. The topological polar surface area (TPSA) is 44.4 Å². The summed E-state index contributed by atoms with van der Waals surface area (Å²) in [6, 6.07) is 6.41. The highest BCUT2D eigenvalue weighted by atomic mass is 16.1. The Kier molecular flexibility index (Phi) is 6.36. The molecule has 4 nitrogen and oxygen atoms in total. The monoisotopic (exact) mass is 263 g/mol. The second kappa shape index (κ2) is 7.79. The van der Waals surface area contributed by atoms with Crippen molar-refractivity contribution >= 4 is 11.6 Å². The number of nitrogens with zero attached hydrogens (tertiary/aromatic N) is 1. The molecule has 0 aliphatic heterocycles. The van der Waals surface area contributed by atoms with Crippen molar-refractivity contribution in [3.63, 3.8) is 0 Å². The van der Waals surface area contributed by atoms with Crippen LogP contribution in [0.1, 0.15) is 25.0 Å². The number of benzene rings is 1. The maximum Gasteiger partial charge on any atom is 0.239 e. The molecule has 0 fully saturated rings. The molecule has 0 aliphatic rings. The van der Waals surface area contributed by atoms with Gasteiger partial charge in [-0.05, 0) is 37.6 Å². The molecule has 2 N–H and O–H groups in total. The fraction of sp³-hybridized carbons (Fsp3) is 0.533. The first-order valence-corrected chi connectivity index (χ1v) is 6.88. The van der Waals surface area contributed by atoms with Crippen molar-refractivity contribution in [2.45, 2.75) is 27.3 Å². The molecule has 1 amide bonds. The van der Waals surface area contributed by atoms with E-state index in [0.29, 0.717) is 6.54 Å². The van der Waals surface area contributed by atoms with E-state index < -0.39 is 0 Å². The number of aryl methyl sites for hydroxylation is 1. The number of carbonyl (C=O) groups excluding carboxylic acids is 1. The number of nitrogens with one attached hydrogen (secondary N) is 2. The number of anilines is 1. The summed E-state index contributed by atoms with van der Waals surface area (Å²) < 4.78 is 0. The van der Waals surface area contributed by atoms with Gasteiger partial charge in [-0.2, -0.15) is 0 Å². The van der Waals surface area contributed by atoms with Crippen molar-refractivity contribution < 1.29 is 4.79 Å². The van der Waals surface area contributed by atoms with E-state index in [2.05, 4.69) is 54.5 Å². The Bertz CT molecular complexity index is 418. The lowest BCUT2D eigenvalue weighted by molar-refractivity contribution is -0.119. The van der Waals surface area contributed by atoms with Crippen LogP contribution in [-0.2, 0) is 11.3 Å². The predicted octanol–water partition coefficient (Wildman–Crippen LogP) is 1.68. The molecule has 0 bridgehead atoms. The fourth-order valence-electron chi connectivity index (χ4n) is 2.07. The Balaban J connectivity index is 2.83. The van der Waals surface area contributed by atoms with Crippen molar-refractivity contribution in [3.05, 3.63) is 29.3 Å². The van der Waals surface area contributed by atoms with Crippen LogP contribution in [0.3, 0.4) is 0 Å². The highest BCUT2D eigenvalue weighted by molar-refractivity contribution is 5.81. The van der Waals surface area contributed by atoms with Gasteiger partial charge in [0.1, 0.15) is 0 Å². The van der Waals surface area contributed by atoms with E-state index in [4.69, 9.17) is 0 Å². The third-order valence-corrected chi connectivity index (χ3v) is 3.18. The van der Waals surface area contributed by atoms with E-state index >= 15 is 0 Å². The molecule has 4 heteroatoms. The minimum atomic E-state index is 0.0398. The summed E-state index contributed by atoms with van der Waals surface area (Å²) in [5, 5.41) is 5.99. The molecule has 0 saturated heterocycles. The van der Waals surface area contributed by atoms with Gasteiger partial charge in [0, 0.05) is 25.8 Å². The van der Waals surface area contributed by atoms with Crippen molar-refractivity contribution in [2.75, 3.05) is 31.6 Å². The van der Waals surface area contributed by atoms with Crippen LogP contribution >= 0.6 is 0 Å². The third-order valence-electron chi connectivity index (χ3n) is 3.18. The number of hydrogen-bond donors (Lipinski definition) is 2. The average molecular weight is 263 g/mol. The van der Waals surface area contributed by atoms with Crippen LogP contribution in [0.4, 0.5) is 5.69 Å². The molecule has 0 saturated carbocycles. The minimum Gasteiger partial charge on any atom is -0.362 e. The van der Waals surface area contributed by atoms with Crippen LogP contribution in [0.25, 0.3) is 0 Å². The summed E-state index contributed by atoms with van der Waals surface area (Å²) in [4.78, 5) is 13.6. The maximum atomic E-state index is 11.5. The van der Waals surface area contributed by atoms with Crippen molar-refractivity contribution in [2.24, 2.45) is 0 Å². The second-order valence-corrected chi connectivity index (χ2v) is 4.59. The Labute approximate surface area is 116 Å². The molecular weight excluding hydrogens is 238 g/mol. The second-order valence-electron chi connectivity index (χ2n) is 4.59. The molecule has 0 heterocycles. The lowest BCUT2D eigenvalue weighted by Crippen LogP contribution is -2.35. The van der Waals surface area contributed by atoms with Crippen LogP contribution in [0.2, 0.25) is 0 Å². The zero-order chi connectivity index (χ0) is 14.3. The Hall–Kier alpha value is -1.55. The zero-order valence-electron chi connectivity index (χ0n) is 12.4. The average Bonchev–Trinajstić information content (AvgIpc) is 2.42. The predicted molar refractivity (Wildman–Crippen MR) is 80.5 cm³/mol. The highest BCUT2D eigenvalue weighted by Crippen LogP contribution is 2.21. The van der Waals surface area contributed by atoms with Crippen LogP contribution < -0.4 is 15.5 Å². The lowest BCUT2D eigenvalue weighted by atomic mass is 10.1. The van der Waals surface area contributed by atoms with Gasteiger partial charge in [0.25, 0.3) is 0 Å². The van der Waals surface area contributed by atoms with Gasteiger partial charge in [0.2, 0.25) is 5.91 Å². The summed E-state index contributed by atoms with van der Waals surface area (Å²) in [5.41, 5.74) is 3.62. The standard InChI is InChI=1S/C15H25N3O/c1-5-17-10-13-7-8-14(12(3)9-13)18(6-2)11-15(19)16-4/h7-9,17H,5-6,10-11H2,1-4H3,(H,16,19). The molecule has 0 aromatic heterocycles. The fourth-order valence-corrected chi connectivity index (χ4v) is 2.07. The van der Waals surface area contributed by atoms with E-state index in [1.807, 2.05) is 0 Å². The van der Waals surface area contributed by atoms with Gasteiger partial charge in [-0.3, -0.25) is 4.79 Å². The molecule has 1 aromatic rings. The number of carbonyl (C=O) groups is 1. The molecule has 19 heavy (non-hydrogen) atoms. The SMILES string of the molecule is CCNCc1ccc(N(CC)CC(=O)NC)c(C)c1. The van der Waals surface area contributed by atoms with Gasteiger partial charge in [-0.25, -0.2) is 0 Å². The summed E-state index contributed by atoms with van der Waals surface area (Å²) in [6.07, 6.45) is 0. The first-order chi connectivity index (χ1) is 9.12. The van der Waals surface area contributed by atoms with E-state index in [1.165, 1.54) is 11.1 Å². The molecule has 1 rings (SSSR count). The van der Waals surface area contributed by atoms with Gasteiger partial charge >= 0.3 is 0 Å². The molecule has 0 atom stereocenters. The Morgan fingerprint density at radius 2 is 2.05 bits per heavy atom. The van der Waals surface area contributed by atoms with Crippen molar-refractivity contribution in [3.8, 4) is 0 Å². The maximum absolute atomic E-state index is 11.5. The van der Waals surface area contributed by atoms with Gasteiger partial charge < -0.3 is 15.5 Å². The quantitative estimate of drug-likeness (QED) is 0.786. The summed E-state index contributed by atoms with van der Waals surface area (Å²) in [7, 11) is 1.67. The summed E-state index contributed by atoms with van der Waals surface area (Å²) in [6.45, 7) is 9.34. The molecule has 1 aromatic carbocycles. The number of likely N-dealkylation sites (N-methyl/N-ethyl adjacent to an activating group) is 2. The van der Waals surface area contributed by atoms with Crippen LogP contribution in [0, 0.1) is 6.92 Å². The molecule has 106 valence electrons. The van der Waals surface area contributed by atoms with Crippen molar-refractivity contribution in [1.29, 1.82) is 0 Å². The van der Waals surface area contributed by atoms with Gasteiger partial charge in [-0.1, -0.05) is 19.1 Å². The summed E-state index contributed by atoms with van der Waals surface area (Å²) in [5.74, 6) is 0.0398. The van der Waals surface area contributed by atoms with Crippen LogP contribution in [0.5, 0.6) is 0 Å². The Morgan fingerprint density at radius 3 is 2.58 bits per heavy atom. The third kappa shape index (κ3) is 4.56. The smallest absolute Gasteiger partial charge is 0.239 e. The largest absolute Gasteiger partial charge is 0.362 e. The van der Waals surface area contributed by atoms with E-state index in [1.54, 1.807) is 7.05 Å². The number of rotatable bonds is 7. The number of hydrogen-bond acceptors (Lipinski definition) is 3. The van der Waals surface area contributed by atoms with Gasteiger partial charge in [-0.15, -0.1) is 0 Å². The Morgan fingerprint density at radius 1 is 1.32 bits per heavy atom. The molecule has 0 spiro atoms. The van der Waals surface area contributed by atoms with Gasteiger partial charge in [0.05, 0.1) is 6.54 Å². The molecule has 0 aliphatic carbocycles.